The van der Waals surface area contributed by atoms with Gasteiger partial charge in [-0.1, -0.05) is 11.1 Å². The maximum atomic E-state index is 4.31. The number of benzene rings is 2. The largest absolute Gasteiger partial charge is 0.379 e. The molecule has 20 heavy (non-hydrogen) atoms. The van der Waals surface area contributed by atoms with Crippen molar-refractivity contribution in [1.29, 1.82) is 0 Å². The van der Waals surface area contributed by atoms with Gasteiger partial charge in [-0.15, -0.1) is 23.4 Å². The molecule has 0 aliphatic heterocycles. The topological polar surface area (TPSA) is 15.6 Å². The zero-order valence-electron chi connectivity index (χ0n) is 12.4. The predicted molar refractivity (Wildman–Crippen MR) is 81.7 cm³/mol. The molecule has 1 radical (unpaired) electrons. The van der Waals surface area contributed by atoms with Crippen LogP contribution in [0, 0.1) is 19.9 Å². The molecule has 0 spiro atoms. The Kier molecular flexibility index (Phi) is 6.58. The van der Waals surface area contributed by atoms with E-state index < -0.39 is 0 Å². The van der Waals surface area contributed by atoms with Crippen molar-refractivity contribution in [2.45, 2.75) is 13.8 Å². The van der Waals surface area contributed by atoms with Gasteiger partial charge in [-0.05, 0) is 20.1 Å². The first kappa shape index (κ1) is 17.1. The summed E-state index contributed by atoms with van der Waals surface area (Å²) in [5.41, 5.74) is 5.53. The second-order valence-corrected chi connectivity index (χ2v) is 4.82. The van der Waals surface area contributed by atoms with Crippen LogP contribution in [0.1, 0.15) is 16.7 Å². The van der Waals surface area contributed by atoms with E-state index in [0.717, 1.165) is 11.3 Å². The Balaban J connectivity index is 0.00000200. The van der Waals surface area contributed by atoms with Crippen LogP contribution in [0.5, 0.6) is 0 Å². The maximum absolute atomic E-state index is 4.31. The number of para-hydroxylation sites is 1. The van der Waals surface area contributed by atoms with Gasteiger partial charge in [-0.25, -0.2) is 6.07 Å². The molecule has 0 atom stereocenters. The SMILES string of the molecule is Cc1cc([C-]=Nc2[c-]cccc2)cc(C)c1N(C)C.[Y]. The van der Waals surface area contributed by atoms with E-state index >= 15 is 0 Å². The summed E-state index contributed by atoms with van der Waals surface area (Å²) in [6.45, 7) is 4.23. The predicted octanol–water partition coefficient (Wildman–Crippen LogP) is 3.79. The Labute approximate surface area is 146 Å². The fraction of sp³-hybridized carbons (Fsp3) is 0.235. The molecule has 0 bridgehead atoms. The number of hydrogen-bond acceptors (Lipinski definition) is 2. The van der Waals surface area contributed by atoms with Gasteiger partial charge in [-0.3, -0.25) is 0 Å². The van der Waals surface area contributed by atoms with E-state index in [1.165, 1.54) is 16.8 Å². The molecule has 0 saturated heterocycles. The first-order valence-electron chi connectivity index (χ1n) is 6.30. The van der Waals surface area contributed by atoms with Crippen molar-refractivity contribution < 1.29 is 32.7 Å². The summed E-state index contributed by atoms with van der Waals surface area (Å²) >= 11 is 0. The molecular formula is C17H18N2Y-2. The van der Waals surface area contributed by atoms with E-state index in [-0.39, 0.29) is 32.7 Å². The number of nitrogens with zero attached hydrogens (tertiary/aromatic N) is 2. The van der Waals surface area contributed by atoms with Gasteiger partial charge in [0, 0.05) is 52.5 Å². The molecule has 0 heterocycles. The molecule has 0 N–H and O–H groups in total. The van der Waals surface area contributed by atoms with Crippen LogP contribution in [0.3, 0.4) is 0 Å². The van der Waals surface area contributed by atoms with Gasteiger partial charge in [0.1, 0.15) is 0 Å². The average Bonchev–Trinajstić information content (AvgIpc) is 2.36. The van der Waals surface area contributed by atoms with E-state index in [2.05, 4.69) is 62.2 Å². The molecule has 2 rings (SSSR count). The summed E-state index contributed by atoms with van der Waals surface area (Å²) < 4.78 is 0. The summed E-state index contributed by atoms with van der Waals surface area (Å²) in [4.78, 5) is 6.45. The molecule has 0 aliphatic carbocycles. The molecule has 2 aromatic carbocycles. The van der Waals surface area contributed by atoms with Crippen molar-refractivity contribution in [2.24, 2.45) is 4.99 Å². The van der Waals surface area contributed by atoms with Crippen LogP contribution in [-0.4, -0.2) is 20.3 Å². The molecule has 2 nitrogen and oxygen atoms in total. The third-order valence-corrected chi connectivity index (χ3v) is 2.94. The van der Waals surface area contributed by atoms with Crippen LogP contribution in [0.25, 0.3) is 0 Å². The Hall–Kier alpha value is -0.986. The molecule has 0 amide bonds. The third-order valence-electron chi connectivity index (χ3n) is 2.94. The minimum atomic E-state index is 0. The van der Waals surface area contributed by atoms with Crippen LogP contribution < -0.4 is 4.90 Å². The summed E-state index contributed by atoms with van der Waals surface area (Å²) in [5, 5.41) is 0. The third kappa shape index (κ3) is 4.26. The number of anilines is 1. The van der Waals surface area contributed by atoms with Gasteiger partial charge in [0.25, 0.3) is 0 Å². The molecule has 0 saturated carbocycles. The summed E-state index contributed by atoms with van der Waals surface area (Å²) in [6.07, 6.45) is 3.08. The van der Waals surface area contributed by atoms with Crippen molar-refractivity contribution >= 4 is 17.6 Å². The van der Waals surface area contributed by atoms with E-state index in [0.29, 0.717) is 0 Å². The normalized spacial score (nSPS) is 10.4. The van der Waals surface area contributed by atoms with Crippen molar-refractivity contribution in [1.82, 2.24) is 0 Å². The molecule has 0 aliphatic rings. The van der Waals surface area contributed by atoms with Crippen LogP contribution in [0.4, 0.5) is 11.4 Å². The molecule has 3 heteroatoms. The Morgan fingerprint density at radius 1 is 1.10 bits per heavy atom. The monoisotopic (exact) mass is 339 g/mol. The van der Waals surface area contributed by atoms with Crippen molar-refractivity contribution in [2.75, 3.05) is 19.0 Å². The zero-order chi connectivity index (χ0) is 13.8. The minimum Gasteiger partial charge on any atom is -0.379 e. The molecule has 2 aromatic rings. The van der Waals surface area contributed by atoms with Crippen molar-refractivity contribution in [3.63, 3.8) is 0 Å². The average molecular weight is 339 g/mol. The van der Waals surface area contributed by atoms with E-state index in [4.69, 9.17) is 0 Å². The minimum absolute atomic E-state index is 0. The molecule has 0 unspecified atom stereocenters. The second kappa shape index (κ2) is 7.71. The van der Waals surface area contributed by atoms with Gasteiger partial charge in [-0.2, -0.15) is 24.3 Å². The molecule has 0 aromatic heterocycles. The summed E-state index contributed by atoms with van der Waals surface area (Å²) in [5.74, 6) is 0. The van der Waals surface area contributed by atoms with Crippen molar-refractivity contribution in [3.8, 4) is 0 Å². The summed E-state index contributed by atoms with van der Waals surface area (Å²) in [6, 6.07) is 14.9. The summed E-state index contributed by atoms with van der Waals surface area (Å²) in [7, 11) is 4.12. The standard InChI is InChI=1S/C17H18N2.Y/c1-13-10-15(11-14(2)17(13)19(3)4)12-18-16-8-6-5-7-9-16;/h5-8,10-11H,1-4H3;/q-2;. The fourth-order valence-electron chi connectivity index (χ4n) is 2.30. The molecular weight excluding hydrogens is 321 g/mol. The van der Waals surface area contributed by atoms with E-state index in [9.17, 15) is 0 Å². The van der Waals surface area contributed by atoms with E-state index in [1.807, 2.05) is 24.3 Å². The number of hydrogen-bond donors (Lipinski definition) is 0. The first-order chi connectivity index (χ1) is 9.08. The zero-order valence-corrected chi connectivity index (χ0v) is 15.3. The van der Waals surface area contributed by atoms with Gasteiger partial charge in [0.05, 0.1) is 0 Å². The van der Waals surface area contributed by atoms with Crippen LogP contribution in [-0.2, 0) is 32.7 Å². The van der Waals surface area contributed by atoms with Crippen molar-refractivity contribution in [3.05, 3.63) is 59.2 Å². The van der Waals surface area contributed by atoms with Crippen LogP contribution in [0.15, 0.2) is 41.4 Å². The van der Waals surface area contributed by atoms with E-state index in [1.54, 1.807) is 0 Å². The van der Waals surface area contributed by atoms with Gasteiger partial charge >= 0.3 is 0 Å². The fourth-order valence-corrected chi connectivity index (χ4v) is 2.30. The van der Waals surface area contributed by atoms with Crippen LogP contribution in [0.2, 0.25) is 0 Å². The Morgan fingerprint density at radius 2 is 1.75 bits per heavy atom. The van der Waals surface area contributed by atoms with Gasteiger partial charge in [0.2, 0.25) is 0 Å². The Bertz CT molecular complexity index is 566. The van der Waals surface area contributed by atoms with Crippen LogP contribution >= 0.6 is 0 Å². The molecule has 101 valence electrons. The number of aryl methyl sites for hydroxylation is 2. The maximum Gasteiger partial charge on any atom is 0.0234 e. The smallest absolute Gasteiger partial charge is 0.0234 e. The van der Waals surface area contributed by atoms with Gasteiger partial charge in [0.15, 0.2) is 0 Å². The first-order valence-corrected chi connectivity index (χ1v) is 6.30. The Morgan fingerprint density at radius 3 is 2.25 bits per heavy atom. The number of rotatable bonds is 3. The second-order valence-electron chi connectivity index (χ2n) is 4.82. The quantitative estimate of drug-likeness (QED) is 0.614. The van der Waals surface area contributed by atoms with Gasteiger partial charge < -0.3 is 9.89 Å². The molecule has 0 fully saturated rings. The number of aliphatic imine (C=N–C) groups is 1.